The third-order valence-corrected chi connectivity index (χ3v) is 4.88. The number of carbonyl (C=O) groups excluding carboxylic acids is 1. The van der Waals surface area contributed by atoms with E-state index in [0.29, 0.717) is 6.54 Å². The number of hydrogen-bond donors (Lipinski definition) is 0. The van der Waals surface area contributed by atoms with Crippen molar-refractivity contribution in [2.45, 2.75) is 25.5 Å². The maximum absolute atomic E-state index is 12.5. The lowest BCUT2D eigenvalue weighted by Gasteiger charge is -2.28. The van der Waals surface area contributed by atoms with Gasteiger partial charge in [-0.3, -0.25) is 4.79 Å². The number of amides is 1. The minimum absolute atomic E-state index is 0.0278. The fourth-order valence-electron chi connectivity index (χ4n) is 2.98. The van der Waals surface area contributed by atoms with Gasteiger partial charge in [0.25, 0.3) is 0 Å². The quantitative estimate of drug-likeness (QED) is 0.792. The van der Waals surface area contributed by atoms with E-state index in [1.165, 1.54) is 0 Å². The van der Waals surface area contributed by atoms with Crippen LogP contribution in [0.3, 0.4) is 0 Å². The van der Waals surface area contributed by atoms with Gasteiger partial charge < -0.3 is 9.64 Å². The van der Waals surface area contributed by atoms with Crippen molar-refractivity contribution < 1.29 is 9.53 Å². The molecule has 0 saturated carbocycles. The van der Waals surface area contributed by atoms with Gasteiger partial charge in [0.05, 0.1) is 12.1 Å². The lowest BCUT2D eigenvalue weighted by molar-refractivity contribution is -0.136. The van der Waals surface area contributed by atoms with Crippen LogP contribution < -0.4 is 0 Å². The first-order valence-corrected chi connectivity index (χ1v) is 8.66. The second-order valence-corrected chi connectivity index (χ2v) is 6.73. The number of nitrogens with zero attached hydrogens (tertiary/aromatic N) is 1. The van der Waals surface area contributed by atoms with E-state index < -0.39 is 0 Å². The zero-order valence-corrected chi connectivity index (χ0v) is 14.7. The molecule has 0 radical (unpaired) electrons. The largest absolute Gasteiger partial charge is 0.364 e. The van der Waals surface area contributed by atoms with Crippen LogP contribution in [0.1, 0.15) is 36.6 Å². The normalized spacial score (nSPS) is 20.2. The smallest absolute Gasteiger partial charge is 0.249 e. The molecule has 2 atom stereocenters. The molecule has 3 nitrogen and oxygen atoms in total. The van der Waals surface area contributed by atoms with Crippen LogP contribution in [0.5, 0.6) is 0 Å². The highest BCUT2D eigenvalue weighted by atomic mass is 79.9. The Kier molecular flexibility index (Phi) is 5.13. The predicted octanol–water partition coefficient (Wildman–Crippen LogP) is 4.50. The first kappa shape index (κ1) is 16.2. The molecule has 0 N–H and O–H groups in total. The SMILES string of the molecule is CC(c1ccccc1)N1CCC(c2ccc(Br)cc2)OCC1=O. The lowest BCUT2D eigenvalue weighted by Crippen LogP contribution is -2.34. The zero-order valence-electron chi connectivity index (χ0n) is 13.1. The number of ether oxygens (including phenoxy) is 1. The van der Waals surface area contributed by atoms with Crippen molar-refractivity contribution in [3.63, 3.8) is 0 Å². The Morgan fingerprint density at radius 1 is 1.13 bits per heavy atom. The van der Waals surface area contributed by atoms with Crippen molar-refractivity contribution >= 4 is 21.8 Å². The molecule has 2 aromatic carbocycles. The molecule has 120 valence electrons. The second-order valence-electron chi connectivity index (χ2n) is 5.81. The number of rotatable bonds is 3. The van der Waals surface area contributed by atoms with Gasteiger partial charge >= 0.3 is 0 Å². The van der Waals surface area contributed by atoms with Crippen LogP contribution in [0.25, 0.3) is 0 Å². The lowest BCUT2D eigenvalue weighted by atomic mass is 10.0. The fourth-order valence-corrected chi connectivity index (χ4v) is 3.24. The predicted molar refractivity (Wildman–Crippen MR) is 94.0 cm³/mol. The first-order chi connectivity index (χ1) is 11.1. The van der Waals surface area contributed by atoms with Crippen molar-refractivity contribution in [3.8, 4) is 0 Å². The summed E-state index contributed by atoms with van der Waals surface area (Å²) in [4.78, 5) is 14.4. The van der Waals surface area contributed by atoms with Crippen LogP contribution in [-0.4, -0.2) is 24.0 Å². The van der Waals surface area contributed by atoms with Crippen molar-refractivity contribution in [1.29, 1.82) is 0 Å². The van der Waals surface area contributed by atoms with Crippen LogP contribution in [0.2, 0.25) is 0 Å². The summed E-state index contributed by atoms with van der Waals surface area (Å²) < 4.78 is 6.90. The molecule has 1 aliphatic rings. The topological polar surface area (TPSA) is 29.5 Å². The maximum Gasteiger partial charge on any atom is 0.249 e. The molecule has 2 unspecified atom stereocenters. The van der Waals surface area contributed by atoms with Crippen molar-refractivity contribution in [2.75, 3.05) is 13.2 Å². The average Bonchev–Trinajstić information content (AvgIpc) is 2.78. The van der Waals surface area contributed by atoms with Gasteiger partial charge in [-0.05, 0) is 36.6 Å². The summed E-state index contributed by atoms with van der Waals surface area (Å²) in [5.74, 6) is 0.0564. The third-order valence-electron chi connectivity index (χ3n) is 4.35. The molecule has 3 rings (SSSR count). The Labute approximate surface area is 145 Å². The summed E-state index contributed by atoms with van der Waals surface area (Å²) in [6, 6.07) is 18.3. The summed E-state index contributed by atoms with van der Waals surface area (Å²) in [5, 5.41) is 0. The molecule has 0 aromatic heterocycles. The zero-order chi connectivity index (χ0) is 16.2. The van der Waals surface area contributed by atoms with Crippen molar-refractivity contribution in [3.05, 3.63) is 70.2 Å². The Morgan fingerprint density at radius 2 is 1.83 bits per heavy atom. The molecule has 1 fully saturated rings. The maximum atomic E-state index is 12.5. The van der Waals surface area contributed by atoms with Gasteiger partial charge in [0.1, 0.15) is 6.61 Å². The minimum Gasteiger partial charge on any atom is -0.364 e. The molecule has 1 amide bonds. The second kappa shape index (κ2) is 7.28. The molecule has 4 heteroatoms. The van der Waals surface area contributed by atoms with Crippen LogP contribution >= 0.6 is 15.9 Å². The average molecular weight is 374 g/mol. The fraction of sp³-hybridized carbons (Fsp3) is 0.316. The van der Waals surface area contributed by atoms with E-state index in [4.69, 9.17) is 4.74 Å². The Bertz CT molecular complexity index is 657. The summed E-state index contributed by atoms with van der Waals surface area (Å²) in [5.41, 5.74) is 2.28. The molecule has 0 aliphatic carbocycles. The Hall–Kier alpha value is -1.65. The molecule has 1 saturated heterocycles. The van der Waals surface area contributed by atoms with Crippen molar-refractivity contribution in [2.24, 2.45) is 0 Å². The third kappa shape index (κ3) is 3.82. The number of hydrogen-bond acceptors (Lipinski definition) is 2. The highest BCUT2D eigenvalue weighted by molar-refractivity contribution is 9.10. The van der Waals surface area contributed by atoms with E-state index in [0.717, 1.165) is 22.0 Å². The van der Waals surface area contributed by atoms with Gasteiger partial charge in [0.15, 0.2) is 0 Å². The molecule has 1 heterocycles. The van der Waals surface area contributed by atoms with E-state index in [-0.39, 0.29) is 24.7 Å². The first-order valence-electron chi connectivity index (χ1n) is 7.86. The molecule has 0 bridgehead atoms. The van der Waals surface area contributed by atoms with E-state index in [2.05, 4.69) is 47.1 Å². The molecule has 1 aliphatic heterocycles. The molecule has 0 spiro atoms. The van der Waals surface area contributed by atoms with E-state index in [1.54, 1.807) is 0 Å². The van der Waals surface area contributed by atoms with Crippen LogP contribution in [0.4, 0.5) is 0 Å². The summed E-state index contributed by atoms with van der Waals surface area (Å²) >= 11 is 3.45. The standard InChI is InChI=1S/C19H20BrNO2/c1-14(15-5-3-2-4-6-15)21-12-11-18(23-13-19(21)22)16-7-9-17(20)10-8-16/h2-10,14,18H,11-13H2,1H3. The van der Waals surface area contributed by atoms with Gasteiger partial charge in [-0.1, -0.05) is 58.4 Å². The Morgan fingerprint density at radius 3 is 2.52 bits per heavy atom. The minimum atomic E-state index is -0.0278. The van der Waals surface area contributed by atoms with E-state index in [9.17, 15) is 4.79 Å². The van der Waals surface area contributed by atoms with Gasteiger partial charge in [0, 0.05) is 11.0 Å². The summed E-state index contributed by atoms with van der Waals surface area (Å²) in [6.07, 6.45) is 0.782. The highest BCUT2D eigenvalue weighted by Gasteiger charge is 2.27. The Balaban J connectivity index is 1.73. The number of halogens is 1. The van der Waals surface area contributed by atoms with Gasteiger partial charge in [-0.2, -0.15) is 0 Å². The monoisotopic (exact) mass is 373 g/mol. The van der Waals surface area contributed by atoms with Gasteiger partial charge in [-0.15, -0.1) is 0 Å². The molecular formula is C19H20BrNO2. The number of benzene rings is 2. The summed E-state index contributed by atoms with van der Waals surface area (Å²) in [7, 11) is 0. The van der Waals surface area contributed by atoms with Gasteiger partial charge in [0.2, 0.25) is 5.91 Å². The van der Waals surface area contributed by atoms with Gasteiger partial charge in [-0.25, -0.2) is 0 Å². The van der Waals surface area contributed by atoms with Crippen molar-refractivity contribution in [1.82, 2.24) is 4.90 Å². The molecule has 2 aromatic rings. The summed E-state index contributed by atoms with van der Waals surface area (Å²) in [6.45, 7) is 2.92. The molecule has 23 heavy (non-hydrogen) atoms. The van der Waals surface area contributed by atoms with Crippen LogP contribution in [0.15, 0.2) is 59.1 Å². The van der Waals surface area contributed by atoms with Crippen LogP contribution in [0, 0.1) is 0 Å². The highest BCUT2D eigenvalue weighted by Crippen LogP contribution is 2.29. The van der Waals surface area contributed by atoms with E-state index in [1.807, 2.05) is 35.2 Å². The number of carbonyl (C=O) groups is 1. The van der Waals surface area contributed by atoms with E-state index >= 15 is 0 Å². The van der Waals surface area contributed by atoms with Crippen LogP contribution in [-0.2, 0) is 9.53 Å². The molecular weight excluding hydrogens is 354 g/mol.